The Balaban J connectivity index is 1.94. The Morgan fingerprint density at radius 1 is 1.00 bits per heavy atom. The van der Waals surface area contributed by atoms with E-state index in [0.29, 0.717) is 0 Å². The normalized spacial score (nSPS) is 40.3. The Kier molecular flexibility index (Phi) is 3.52. The molecule has 0 spiro atoms. The van der Waals surface area contributed by atoms with E-state index in [1.165, 1.54) is 32.1 Å². The maximum atomic E-state index is 2.45. The van der Waals surface area contributed by atoms with Gasteiger partial charge in [-0.25, -0.2) is 0 Å². The van der Waals surface area contributed by atoms with Crippen LogP contribution in [0.2, 0.25) is 0 Å². The highest BCUT2D eigenvalue weighted by atomic mass is 14.4. The number of hydrogen-bond donors (Lipinski definition) is 0. The molecule has 0 N–H and O–H groups in total. The van der Waals surface area contributed by atoms with Gasteiger partial charge in [-0.1, -0.05) is 52.4 Å². The van der Waals surface area contributed by atoms with Crippen molar-refractivity contribution in [3.63, 3.8) is 0 Å². The van der Waals surface area contributed by atoms with Crippen LogP contribution in [-0.2, 0) is 0 Å². The highest BCUT2D eigenvalue weighted by Crippen LogP contribution is 2.45. The van der Waals surface area contributed by atoms with Crippen LogP contribution in [0.25, 0.3) is 0 Å². The molecule has 0 saturated heterocycles. The van der Waals surface area contributed by atoms with Crippen LogP contribution in [-0.4, -0.2) is 0 Å². The summed E-state index contributed by atoms with van der Waals surface area (Å²) in [6, 6.07) is 0. The molecule has 0 nitrogen and oxygen atoms in total. The zero-order valence-electron chi connectivity index (χ0n) is 9.97. The van der Waals surface area contributed by atoms with Crippen LogP contribution in [0.5, 0.6) is 0 Å². The maximum Gasteiger partial charge on any atom is -0.0357 e. The first-order valence-corrected chi connectivity index (χ1v) is 6.81. The fourth-order valence-electron chi connectivity index (χ4n) is 4.00. The molecular weight excluding hydrogens is 168 g/mol. The molecule has 2 rings (SSSR count). The van der Waals surface area contributed by atoms with Crippen molar-refractivity contribution in [2.45, 2.75) is 65.2 Å². The van der Waals surface area contributed by atoms with Gasteiger partial charge in [0.25, 0.3) is 0 Å². The topological polar surface area (TPSA) is 0 Å². The predicted molar refractivity (Wildman–Crippen MR) is 62.2 cm³/mol. The summed E-state index contributed by atoms with van der Waals surface area (Å²) in [4.78, 5) is 0. The molecule has 0 amide bonds. The van der Waals surface area contributed by atoms with Crippen molar-refractivity contribution in [2.75, 3.05) is 0 Å². The molecule has 14 heavy (non-hydrogen) atoms. The molecule has 0 aromatic rings. The average molecular weight is 194 g/mol. The zero-order valence-corrected chi connectivity index (χ0v) is 9.97. The molecule has 2 fully saturated rings. The first-order valence-electron chi connectivity index (χ1n) is 6.81. The molecule has 0 radical (unpaired) electrons. The lowest BCUT2D eigenvalue weighted by molar-refractivity contribution is 0.127. The molecule has 2 saturated carbocycles. The Morgan fingerprint density at radius 3 is 2.36 bits per heavy atom. The lowest BCUT2D eigenvalue weighted by atomic mass is 9.68. The Hall–Kier alpha value is 0. The van der Waals surface area contributed by atoms with Gasteiger partial charge in [-0.15, -0.1) is 0 Å². The van der Waals surface area contributed by atoms with E-state index in [1.54, 1.807) is 19.3 Å². The molecule has 2 aliphatic rings. The fraction of sp³-hybridized carbons (Fsp3) is 1.00. The van der Waals surface area contributed by atoms with Gasteiger partial charge < -0.3 is 0 Å². The van der Waals surface area contributed by atoms with E-state index in [-0.39, 0.29) is 0 Å². The van der Waals surface area contributed by atoms with Crippen LogP contribution in [0.3, 0.4) is 0 Å². The molecule has 0 aliphatic heterocycles. The predicted octanol–water partition coefficient (Wildman–Crippen LogP) is 4.64. The van der Waals surface area contributed by atoms with Gasteiger partial charge in [0.1, 0.15) is 0 Å². The van der Waals surface area contributed by atoms with Crippen molar-refractivity contribution in [1.29, 1.82) is 0 Å². The lowest BCUT2D eigenvalue weighted by Gasteiger charge is -2.38. The SMILES string of the molecule is CCC1CC(C)CCC1C1CCCC1. The summed E-state index contributed by atoms with van der Waals surface area (Å²) in [6.07, 6.45) is 12.2. The van der Waals surface area contributed by atoms with E-state index < -0.39 is 0 Å². The smallest absolute Gasteiger partial charge is 0.0357 e. The van der Waals surface area contributed by atoms with Gasteiger partial charge in [0.15, 0.2) is 0 Å². The third-order valence-corrected chi connectivity index (χ3v) is 4.83. The maximum absolute atomic E-state index is 2.45. The summed E-state index contributed by atoms with van der Waals surface area (Å²) < 4.78 is 0. The first-order chi connectivity index (χ1) is 6.81. The van der Waals surface area contributed by atoms with E-state index in [2.05, 4.69) is 13.8 Å². The van der Waals surface area contributed by atoms with Crippen LogP contribution in [0.1, 0.15) is 65.2 Å². The fourth-order valence-corrected chi connectivity index (χ4v) is 4.00. The molecule has 0 aromatic carbocycles. The second kappa shape index (κ2) is 4.68. The Labute approximate surface area is 89.5 Å². The lowest BCUT2D eigenvalue weighted by Crippen LogP contribution is -2.28. The molecule has 0 bridgehead atoms. The minimum absolute atomic E-state index is 1.01. The van der Waals surface area contributed by atoms with Crippen LogP contribution in [0.4, 0.5) is 0 Å². The first kappa shape index (κ1) is 10.5. The Bertz CT molecular complexity index is 167. The van der Waals surface area contributed by atoms with E-state index in [4.69, 9.17) is 0 Å². The molecule has 3 atom stereocenters. The van der Waals surface area contributed by atoms with Crippen molar-refractivity contribution in [3.05, 3.63) is 0 Å². The monoisotopic (exact) mass is 194 g/mol. The largest absolute Gasteiger partial charge is 0.0651 e. The van der Waals surface area contributed by atoms with E-state index >= 15 is 0 Å². The molecule has 82 valence electrons. The standard InChI is InChI=1S/C14H26/c1-3-12-10-11(2)8-9-14(12)13-6-4-5-7-13/h11-14H,3-10H2,1-2H3. The van der Waals surface area contributed by atoms with Crippen LogP contribution < -0.4 is 0 Å². The Morgan fingerprint density at radius 2 is 1.71 bits per heavy atom. The zero-order chi connectivity index (χ0) is 9.97. The van der Waals surface area contributed by atoms with Gasteiger partial charge in [0.05, 0.1) is 0 Å². The van der Waals surface area contributed by atoms with Crippen molar-refractivity contribution in [1.82, 2.24) is 0 Å². The van der Waals surface area contributed by atoms with Gasteiger partial charge in [0.2, 0.25) is 0 Å². The molecule has 0 heterocycles. The molecule has 2 aliphatic carbocycles. The van der Waals surface area contributed by atoms with Gasteiger partial charge >= 0.3 is 0 Å². The number of rotatable bonds is 2. The highest BCUT2D eigenvalue weighted by molar-refractivity contribution is 4.84. The van der Waals surface area contributed by atoms with Gasteiger partial charge in [-0.2, -0.15) is 0 Å². The third kappa shape index (κ3) is 2.15. The van der Waals surface area contributed by atoms with Gasteiger partial charge in [0, 0.05) is 0 Å². The third-order valence-electron chi connectivity index (χ3n) is 4.83. The van der Waals surface area contributed by atoms with Gasteiger partial charge in [-0.05, 0) is 36.5 Å². The van der Waals surface area contributed by atoms with Crippen molar-refractivity contribution < 1.29 is 0 Å². The molecule has 3 unspecified atom stereocenters. The summed E-state index contributed by atoms with van der Waals surface area (Å²) in [6.45, 7) is 4.86. The van der Waals surface area contributed by atoms with Crippen molar-refractivity contribution in [2.24, 2.45) is 23.7 Å². The number of hydrogen-bond acceptors (Lipinski definition) is 0. The summed E-state index contributed by atoms with van der Waals surface area (Å²) in [5, 5.41) is 0. The summed E-state index contributed by atoms with van der Waals surface area (Å²) in [5.41, 5.74) is 0. The average Bonchev–Trinajstić information content (AvgIpc) is 2.70. The summed E-state index contributed by atoms with van der Waals surface area (Å²) in [5.74, 6) is 4.31. The van der Waals surface area contributed by atoms with Crippen LogP contribution >= 0.6 is 0 Å². The molecule has 0 heteroatoms. The van der Waals surface area contributed by atoms with E-state index in [9.17, 15) is 0 Å². The van der Waals surface area contributed by atoms with Gasteiger partial charge in [-0.3, -0.25) is 0 Å². The molecular formula is C14H26. The second-order valence-electron chi connectivity index (χ2n) is 5.79. The summed E-state index contributed by atoms with van der Waals surface area (Å²) >= 11 is 0. The van der Waals surface area contributed by atoms with Crippen molar-refractivity contribution >= 4 is 0 Å². The van der Waals surface area contributed by atoms with E-state index in [0.717, 1.165) is 23.7 Å². The van der Waals surface area contributed by atoms with Crippen LogP contribution in [0, 0.1) is 23.7 Å². The second-order valence-corrected chi connectivity index (χ2v) is 5.79. The quantitative estimate of drug-likeness (QED) is 0.601. The minimum atomic E-state index is 1.01. The minimum Gasteiger partial charge on any atom is -0.0651 e. The highest BCUT2D eigenvalue weighted by Gasteiger charge is 2.34. The van der Waals surface area contributed by atoms with E-state index in [1.807, 2.05) is 0 Å². The summed E-state index contributed by atoms with van der Waals surface area (Å²) in [7, 11) is 0. The van der Waals surface area contributed by atoms with Crippen molar-refractivity contribution in [3.8, 4) is 0 Å². The molecule has 0 aromatic heterocycles. The van der Waals surface area contributed by atoms with Crippen LogP contribution in [0.15, 0.2) is 0 Å².